The van der Waals surface area contributed by atoms with Gasteiger partial charge in [-0.05, 0) is 0 Å². The number of carboxylic acid groups (broad SMARTS) is 1. The smallest absolute Gasteiger partial charge is 0.325 e. The van der Waals surface area contributed by atoms with Gasteiger partial charge in [0.1, 0.15) is 6.54 Å². The third-order valence-electron chi connectivity index (χ3n) is 2.21. The van der Waals surface area contributed by atoms with E-state index in [2.05, 4.69) is 15.6 Å². The van der Waals surface area contributed by atoms with Crippen LogP contribution < -0.4 is 5.32 Å². The summed E-state index contributed by atoms with van der Waals surface area (Å²) in [4.78, 5) is 22.0. The van der Waals surface area contributed by atoms with Gasteiger partial charge in [-0.3, -0.25) is 9.59 Å². The minimum atomic E-state index is -3.14. The molecule has 1 aromatic rings. The second kappa shape index (κ2) is 6.27. The van der Waals surface area contributed by atoms with Gasteiger partial charge in [0.05, 0.1) is 11.9 Å². The van der Waals surface area contributed by atoms with Crippen LogP contribution in [0.2, 0.25) is 0 Å². The lowest BCUT2D eigenvalue weighted by Gasteiger charge is -2.02. The number of aliphatic carboxylic acids is 1. The van der Waals surface area contributed by atoms with E-state index in [4.69, 9.17) is 5.11 Å². The van der Waals surface area contributed by atoms with Crippen molar-refractivity contribution >= 4 is 21.7 Å². The molecule has 1 rings (SSSR count). The van der Waals surface area contributed by atoms with E-state index in [1.54, 1.807) is 0 Å². The van der Waals surface area contributed by atoms with Crippen molar-refractivity contribution in [3.8, 4) is 0 Å². The molecule has 0 aliphatic heterocycles. The highest BCUT2D eigenvalue weighted by Crippen LogP contribution is 1.94. The molecule has 1 aromatic heterocycles. The molecule has 1 amide bonds. The number of hydrogen-bond acceptors (Lipinski definition) is 6. The molecule has 0 saturated heterocycles. The summed E-state index contributed by atoms with van der Waals surface area (Å²) >= 11 is 0. The lowest BCUT2D eigenvalue weighted by Crippen LogP contribution is -2.29. The van der Waals surface area contributed by atoms with Gasteiger partial charge in [0.15, 0.2) is 15.5 Å². The normalized spacial score (nSPS) is 11.2. The second-order valence-corrected chi connectivity index (χ2v) is 6.16. The Hall–Kier alpha value is -1.97. The van der Waals surface area contributed by atoms with Crippen LogP contribution >= 0.6 is 0 Å². The molecule has 2 N–H and O–H groups in total. The van der Waals surface area contributed by atoms with Crippen LogP contribution in [0.4, 0.5) is 0 Å². The van der Waals surface area contributed by atoms with E-state index in [-0.39, 0.29) is 23.7 Å². The van der Waals surface area contributed by atoms with E-state index in [0.29, 0.717) is 0 Å². The number of carboxylic acids is 1. The maximum Gasteiger partial charge on any atom is 0.325 e. The zero-order valence-corrected chi connectivity index (χ0v) is 11.1. The molecular weight excluding hydrogens is 276 g/mol. The van der Waals surface area contributed by atoms with Gasteiger partial charge in [0.2, 0.25) is 0 Å². The van der Waals surface area contributed by atoms with E-state index < -0.39 is 28.3 Å². The molecule has 0 radical (unpaired) electrons. The van der Waals surface area contributed by atoms with Gasteiger partial charge in [-0.1, -0.05) is 12.1 Å². The molecule has 0 bridgehead atoms. The maximum absolute atomic E-state index is 11.5. The molecule has 0 unspecified atom stereocenters. The van der Waals surface area contributed by atoms with Crippen LogP contribution in [0.15, 0.2) is 6.20 Å². The molecule has 0 aliphatic carbocycles. The fraction of sp³-hybridized carbons (Fsp3) is 0.556. The van der Waals surface area contributed by atoms with Crippen molar-refractivity contribution in [2.75, 3.05) is 18.1 Å². The third kappa shape index (κ3) is 5.04. The summed E-state index contributed by atoms with van der Waals surface area (Å²) < 4.78 is 23.4. The highest BCUT2D eigenvalue weighted by molar-refractivity contribution is 7.91. The SMILES string of the molecule is CCS(=O)(=O)CCNC(=O)c1cn(CC(=O)O)nn1. The second-order valence-electron chi connectivity index (χ2n) is 3.69. The van der Waals surface area contributed by atoms with Crippen LogP contribution in [-0.4, -0.2) is 58.4 Å². The standard InChI is InChI=1S/C9H14N4O5S/c1-2-19(17,18)4-3-10-9(16)7-5-13(12-11-7)6-8(14)15/h5H,2-4,6H2,1H3,(H,10,16)(H,14,15). The summed E-state index contributed by atoms with van der Waals surface area (Å²) in [6.45, 7) is 1.10. The van der Waals surface area contributed by atoms with Crippen molar-refractivity contribution in [3.05, 3.63) is 11.9 Å². The molecule has 0 spiro atoms. The van der Waals surface area contributed by atoms with Crippen LogP contribution in [-0.2, 0) is 21.2 Å². The van der Waals surface area contributed by atoms with Crippen molar-refractivity contribution in [3.63, 3.8) is 0 Å². The molecule has 0 saturated carbocycles. The van der Waals surface area contributed by atoms with Gasteiger partial charge < -0.3 is 10.4 Å². The third-order valence-corrected chi connectivity index (χ3v) is 3.91. The molecule has 9 nitrogen and oxygen atoms in total. The quantitative estimate of drug-likeness (QED) is 0.626. The highest BCUT2D eigenvalue weighted by Gasteiger charge is 2.13. The molecule has 0 atom stereocenters. The van der Waals surface area contributed by atoms with E-state index in [0.717, 1.165) is 4.68 Å². The van der Waals surface area contributed by atoms with Crippen LogP contribution in [0.1, 0.15) is 17.4 Å². The number of rotatable bonds is 7. The molecular formula is C9H14N4O5S. The first-order valence-electron chi connectivity index (χ1n) is 5.44. The average molecular weight is 290 g/mol. The van der Waals surface area contributed by atoms with Gasteiger partial charge in [-0.2, -0.15) is 0 Å². The Morgan fingerprint density at radius 1 is 1.47 bits per heavy atom. The predicted molar refractivity (Wildman–Crippen MR) is 64.3 cm³/mol. The van der Waals surface area contributed by atoms with Crippen LogP contribution in [0.25, 0.3) is 0 Å². The molecule has 0 aromatic carbocycles. The number of carbonyl (C=O) groups is 2. The van der Waals surface area contributed by atoms with E-state index in [1.807, 2.05) is 0 Å². The minimum Gasteiger partial charge on any atom is -0.480 e. The van der Waals surface area contributed by atoms with E-state index in [1.165, 1.54) is 13.1 Å². The fourth-order valence-corrected chi connectivity index (χ4v) is 1.88. The summed E-state index contributed by atoms with van der Waals surface area (Å²) in [5.74, 6) is -1.84. The molecule has 10 heteroatoms. The molecule has 106 valence electrons. The first-order chi connectivity index (χ1) is 8.84. The van der Waals surface area contributed by atoms with Crippen LogP contribution in [0.3, 0.4) is 0 Å². The van der Waals surface area contributed by atoms with Crippen molar-refractivity contribution in [1.82, 2.24) is 20.3 Å². The van der Waals surface area contributed by atoms with Crippen molar-refractivity contribution in [1.29, 1.82) is 0 Å². The number of nitrogens with one attached hydrogen (secondary N) is 1. The van der Waals surface area contributed by atoms with Gasteiger partial charge in [0.25, 0.3) is 5.91 Å². The van der Waals surface area contributed by atoms with E-state index >= 15 is 0 Å². The van der Waals surface area contributed by atoms with Crippen molar-refractivity contribution in [2.24, 2.45) is 0 Å². The first kappa shape index (κ1) is 15.1. The molecule has 0 fully saturated rings. The Bertz CT molecular complexity index is 565. The lowest BCUT2D eigenvalue weighted by molar-refractivity contribution is -0.137. The fourth-order valence-electron chi connectivity index (χ4n) is 1.17. The Kier molecular flexibility index (Phi) is 4.98. The topological polar surface area (TPSA) is 131 Å². The number of carbonyl (C=O) groups excluding carboxylic acids is 1. The van der Waals surface area contributed by atoms with Crippen LogP contribution in [0, 0.1) is 0 Å². The summed E-state index contributed by atoms with van der Waals surface area (Å²) in [6, 6.07) is 0. The number of sulfone groups is 1. The lowest BCUT2D eigenvalue weighted by atomic mass is 10.4. The predicted octanol–water partition coefficient (Wildman–Crippen LogP) is -1.47. The molecule has 1 heterocycles. The summed E-state index contributed by atoms with van der Waals surface area (Å²) in [5, 5.41) is 17.8. The molecule has 0 aliphatic rings. The summed E-state index contributed by atoms with van der Waals surface area (Å²) in [5.41, 5.74) is -0.0600. The monoisotopic (exact) mass is 290 g/mol. The number of amides is 1. The summed E-state index contributed by atoms with van der Waals surface area (Å²) in [6.07, 6.45) is 1.18. The zero-order chi connectivity index (χ0) is 14.5. The summed E-state index contributed by atoms with van der Waals surface area (Å²) in [7, 11) is -3.14. The number of aromatic nitrogens is 3. The minimum absolute atomic E-state index is 0.0116. The molecule has 19 heavy (non-hydrogen) atoms. The largest absolute Gasteiger partial charge is 0.480 e. The van der Waals surface area contributed by atoms with Crippen molar-refractivity contribution in [2.45, 2.75) is 13.5 Å². The van der Waals surface area contributed by atoms with Gasteiger partial charge in [-0.15, -0.1) is 5.10 Å². The first-order valence-corrected chi connectivity index (χ1v) is 7.26. The Balaban J connectivity index is 2.50. The maximum atomic E-state index is 11.5. The zero-order valence-electron chi connectivity index (χ0n) is 10.2. The number of hydrogen-bond donors (Lipinski definition) is 2. The van der Waals surface area contributed by atoms with Gasteiger partial charge in [0, 0.05) is 12.3 Å². The van der Waals surface area contributed by atoms with Gasteiger partial charge in [-0.25, -0.2) is 13.1 Å². The van der Waals surface area contributed by atoms with E-state index in [9.17, 15) is 18.0 Å². The highest BCUT2D eigenvalue weighted by atomic mass is 32.2. The number of nitrogens with zero attached hydrogens (tertiary/aromatic N) is 3. The average Bonchev–Trinajstić information content (AvgIpc) is 2.76. The van der Waals surface area contributed by atoms with Crippen molar-refractivity contribution < 1.29 is 23.1 Å². The Morgan fingerprint density at radius 3 is 2.74 bits per heavy atom. The Morgan fingerprint density at radius 2 is 2.16 bits per heavy atom. The Labute approximate surface area is 109 Å². The van der Waals surface area contributed by atoms with Gasteiger partial charge >= 0.3 is 5.97 Å². The van der Waals surface area contributed by atoms with Crippen LogP contribution in [0.5, 0.6) is 0 Å².